The van der Waals surface area contributed by atoms with Crippen molar-refractivity contribution in [3.8, 4) is 0 Å². The number of nitrogens with one attached hydrogen (secondary N) is 1. The molecule has 2 aromatic rings. The third-order valence-corrected chi connectivity index (χ3v) is 6.62. The van der Waals surface area contributed by atoms with E-state index in [1.54, 1.807) is 11.3 Å². The highest BCUT2D eigenvalue weighted by atomic mass is 35.5. The number of carbonyl (C=O) groups excluding carboxylic acids is 1. The van der Waals surface area contributed by atoms with Gasteiger partial charge in [-0.05, 0) is 55.8 Å². The SMILES string of the molecule is O=C(NC[C@@H]1CCCN(Cc2cncs2)C1)C1(c2ccc(Cl)cc2)CC1. The number of nitrogens with zero attached hydrogens (tertiary/aromatic N) is 2. The average Bonchev–Trinajstić information content (AvgIpc) is 3.31. The maximum absolute atomic E-state index is 12.8. The number of halogens is 1. The molecular weight excluding hydrogens is 366 g/mol. The Balaban J connectivity index is 1.30. The van der Waals surface area contributed by atoms with Crippen molar-refractivity contribution in [2.75, 3.05) is 19.6 Å². The van der Waals surface area contributed by atoms with Gasteiger partial charge in [-0.2, -0.15) is 0 Å². The van der Waals surface area contributed by atoms with Crippen LogP contribution in [-0.2, 0) is 16.8 Å². The van der Waals surface area contributed by atoms with Gasteiger partial charge in [-0.15, -0.1) is 11.3 Å². The lowest BCUT2D eigenvalue weighted by molar-refractivity contribution is -0.123. The van der Waals surface area contributed by atoms with E-state index < -0.39 is 0 Å². The number of amides is 1. The van der Waals surface area contributed by atoms with E-state index in [9.17, 15) is 4.79 Å². The molecule has 1 aromatic heterocycles. The summed E-state index contributed by atoms with van der Waals surface area (Å²) in [4.78, 5) is 20.8. The molecule has 1 saturated heterocycles. The Morgan fingerprint density at radius 2 is 2.15 bits per heavy atom. The zero-order valence-corrected chi connectivity index (χ0v) is 16.4. The molecule has 2 heterocycles. The zero-order valence-electron chi connectivity index (χ0n) is 14.8. The molecule has 6 heteroatoms. The first-order chi connectivity index (χ1) is 12.7. The van der Waals surface area contributed by atoms with Gasteiger partial charge < -0.3 is 5.32 Å². The van der Waals surface area contributed by atoms with Gasteiger partial charge in [-0.1, -0.05) is 23.7 Å². The highest BCUT2D eigenvalue weighted by molar-refractivity contribution is 7.09. The number of rotatable bonds is 6. The number of thiazole rings is 1. The second-order valence-electron chi connectivity index (χ2n) is 7.51. The second kappa shape index (κ2) is 7.67. The molecule has 138 valence electrons. The molecule has 0 spiro atoms. The molecule has 4 nitrogen and oxygen atoms in total. The standard InChI is InChI=1S/C20H24ClN3OS/c21-17-5-3-16(4-6-17)20(7-8-20)19(25)23-10-15-2-1-9-24(12-15)13-18-11-22-14-26-18/h3-6,11,14-15H,1-2,7-10,12-13H2,(H,23,25)/t15-/m0/s1. The highest BCUT2D eigenvalue weighted by Gasteiger charge is 2.51. The summed E-state index contributed by atoms with van der Waals surface area (Å²) in [6.07, 6.45) is 6.21. The van der Waals surface area contributed by atoms with Crippen LogP contribution in [0.25, 0.3) is 0 Å². The van der Waals surface area contributed by atoms with Gasteiger partial charge in [0, 0.05) is 35.7 Å². The Morgan fingerprint density at radius 3 is 2.85 bits per heavy atom. The van der Waals surface area contributed by atoms with Gasteiger partial charge in [0.15, 0.2) is 0 Å². The van der Waals surface area contributed by atoms with Crippen molar-refractivity contribution in [2.24, 2.45) is 5.92 Å². The summed E-state index contributed by atoms with van der Waals surface area (Å²) in [5.41, 5.74) is 2.67. The van der Waals surface area contributed by atoms with E-state index in [0.29, 0.717) is 10.9 Å². The molecule has 0 bridgehead atoms. The summed E-state index contributed by atoms with van der Waals surface area (Å²) in [5, 5.41) is 3.96. The molecule has 4 rings (SSSR count). The van der Waals surface area contributed by atoms with Crippen molar-refractivity contribution < 1.29 is 4.79 Å². The molecule has 1 amide bonds. The first-order valence-corrected chi connectivity index (χ1v) is 10.6. The first kappa shape index (κ1) is 18.0. The Labute approximate surface area is 163 Å². The van der Waals surface area contributed by atoms with Crippen molar-refractivity contribution in [3.63, 3.8) is 0 Å². The number of aromatic nitrogens is 1. The van der Waals surface area contributed by atoms with Gasteiger partial charge in [0.2, 0.25) is 5.91 Å². The lowest BCUT2D eigenvalue weighted by Gasteiger charge is -2.32. The summed E-state index contributed by atoms with van der Waals surface area (Å²) >= 11 is 7.69. The number of benzene rings is 1. The van der Waals surface area contributed by atoms with Crippen LogP contribution in [0.4, 0.5) is 0 Å². The molecule has 1 N–H and O–H groups in total. The lowest BCUT2D eigenvalue weighted by atomic mass is 9.93. The second-order valence-corrected chi connectivity index (χ2v) is 8.92. The maximum Gasteiger partial charge on any atom is 0.230 e. The van der Waals surface area contributed by atoms with Crippen LogP contribution in [0.2, 0.25) is 5.02 Å². The number of hydrogen-bond donors (Lipinski definition) is 1. The number of hydrogen-bond acceptors (Lipinski definition) is 4. The van der Waals surface area contributed by atoms with Crippen LogP contribution in [0.15, 0.2) is 36.0 Å². The molecule has 1 saturated carbocycles. The van der Waals surface area contributed by atoms with E-state index in [1.165, 1.54) is 17.7 Å². The predicted molar refractivity (Wildman–Crippen MR) is 105 cm³/mol. The fraction of sp³-hybridized carbons (Fsp3) is 0.500. The Kier molecular flexibility index (Phi) is 5.30. The lowest BCUT2D eigenvalue weighted by Crippen LogP contribution is -2.43. The Hall–Kier alpha value is -1.43. The van der Waals surface area contributed by atoms with Crippen molar-refractivity contribution >= 4 is 28.8 Å². The number of piperidine rings is 1. The molecule has 1 aliphatic heterocycles. The monoisotopic (exact) mass is 389 g/mol. The van der Waals surface area contributed by atoms with E-state index in [1.807, 2.05) is 36.0 Å². The Bertz CT molecular complexity index is 743. The molecule has 1 atom stereocenters. The van der Waals surface area contributed by atoms with Crippen LogP contribution in [0.5, 0.6) is 0 Å². The number of carbonyl (C=O) groups is 1. The van der Waals surface area contributed by atoms with Crippen LogP contribution in [0, 0.1) is 5.92 Å². The van der Waals surface area contributed by atoms with Crippen molar-refractivity contribution in [1.29, 1.82) is 0 Å². The zero-order chi connectivity index (χ0) is 18.0. The van der Waals surface area contributed by atoms with Gasteiger partial charge in [-0.25, -0.2) is 0 Å². The van der Waals surface area contributed by atoms with Crippen LogP contribution in [0.3, 0.4) is 0 Å². The smallest absolute Gasteiger partial charge is 0.230 e. The van der Waals surface area contributed by atoms with Gasteiger partial charge >= 0.3 is 0 Å². The van der Waals surface area contributed by atoms with Crippen LogP contribution >= 0.6 is 22.9 Å². The largest absolute Gasteiger partial charge is 0.355 e. The van der Waals surface area contributed by atoms with E-state index in [-0.39, 0.29) is 11.3 Å². The van der Waals surface area contributed by atoms with Crippen molar-refractivity contribution in [3.05, 3.63) is 51.4 Å². The third-order valence-electron chi connectivity index (χ3n) is 5.60. The van der Waals surface area contributed by atoms with E-state index >= 15 is 0 Å². The van der Waals surface area contributed by atoms with Gasteiger partial charge in [0.1, 0.15) is 0 Å². The highest BCUT2D eigenvalue weighted by Crippen LogP contribution is 2.48. The van der Waals surface area contributed by atoms with Gasteiger partial charge in [0.25, 0.3) is 0 Å². The molecule has 2 aliphatic rings. The third kappa shape index (κ3) is 3.95. The van der Waals surface area contributed by atoms with Crippen LogP contribution in [-0.4, -0.2) is 35.4 Å². The van der Waals surface area contributed by atoms with Crippen molar-refractivity contribution in [1.82, 2.24) is 15.2 Å². The maximum atomic E-state index is 12.8. The molecule has 0 radical (unpaired) electrons. The van der Waals surface area contributed by atoms with Crippen LogP contribution < -0.4 is 5.32 Å². The minimum atomic E-state index is -0.318. The average molecular weight is 390 g/mol. The fourth-order valence-corrected chi connectivity index (χ4v) is 4.71. The molecule has 0 unspecified atom stereocenters. The van der Waals surface area contributed by atoms with E-state index in [0.717, 1.165) is 44.6 Å². The Morgan fingerprint density at radius 1 is 1.35 bits per heavy atom. The predicted octanol–water partition coefficient (Wildman–Crippen LogP) is 3.86. The summed E-state index contributed by atoms with van der Waals surface area (Å²) in [7, 11) is 0. The topological polar surface area (TPSA) is 45.2 Å². The minimum Gasteiger partial charge on any atom is -0.355 e. The van der Waals surface area contributed by atoms with Crippen LogP contribution in [0.1, 0.15) is 36.1 Å². The summed E-state index contributed by atoms with van der Waals surface area (Å²) in [6, 6.07) is 7.74. The van der Waals surface area contributed by atoms with E-state index in [2.05, 4.69) is 15.2 Å². The summed E-state index contributed by atoms with van der Waals surface area (Å²) in [6.45, 7) is 3.93. The van der Waals surface area contributed by atoms with E-state index in [4.69, 9.17) is 11.6 Å². The fourth-order valence-electron chi connectivity index (χ4n) is 3.95. The quantitative estimate of drug-likeness (QED) is 0.816. The number of likely N-dealkylation sites (tertiary alicyclic amines) is 1. The summed E-state index contributed by atoms with van der Waals surface area (Å²) in [5.74, 6) is 0.709. The first-order valence-electron chi connectivity index (χ1n) is 9.30. The molecular formula is C20H24ClN3OS. The molecule has 1 aliphatic carbocycles. The minimum absolute atomic E-state index is 0.180. The van der Waals surface area contributed by atoms with Gasteiger partial charge in [0.05, 0.1) is 10.9 Å². The van der Waals surface area contributed by atoms with Gasteiger partial charge in [-0.3, -0.25) is 14.7 Å². The molecule has 26 heavy (non-hydrogen) atoms. The van der Waals surface area contributed by atoms with Crippen molar-refractivity contribution in [2.45, 2.75) is 37.6 Å². The normalized spacial score (nSPS) is 22.1. The molecule has 1 aromatic carbocycles. The summed E-state index contributed by atoms with van der Waals surface area (Å²) < 4.78 is 0. The molecule has 2 fully saturated rings.